The van der Waals surface area contributed by atoms with Gasteiger partial charge in [0.15, 0.2) is 0 Å². The number of hydrogen-bond acceptors (Lipinski definition) is 0. The summed E-state index contributed by atoms with van der Waals surface area (Å²) in [6.07, 6.45) is 30.3. The van der Waals surface area contributed by atoms with Gasteiger partial charge in [0.1, 0.15) is 0 Å². The van der Waals surface area contributed by atoms with E-state index in [1.165, 1.54) is 151 Å². The second-order valence-corrected chi connectivity index (χ2v) is 14.0. The Hall–Kier alpha value is -2.48. The number of rotatable bonds is 26. The Labute approximate surface area is 284 Å². The zero-order valence-corrected chi connectivity index (χ0v) is 30.5. The topological polar surface area (TPSA) is 25.3 Å². The highest BCUT2D eigenvalue weighted by Gasteiger charge is 2.35. The van der Waals surface area contributed by atoms with Crippen LogP contribution >= 0.6 is 0 Å². The molecule has 0 N–H and O–H groups in total. The molecule has 0 saturated carbocycles. The first-order chi connectivity index (χ1) is 22.6. The summed E-state index contributed by atoms with van der Waals surface area (Å²) in [4.78, 5) is 0. The van der Waals surface area contributed by atoms with E-state index in [9.17, 15) is 5.53 Å². The lowest BCUT2D eigenvalue weighted by Crippen LogP contribution is -2.03. The quantitative estimate of drug-likeness (QED) is 0.0735. The largest absolute Gasteiger partial charge is 0.493 e. The van der Waals surface area contributed by atoms with Gasteiger partial charge < -0.3 is 5.53 Å². The first-order valence-corrected chi connectivity index (χ1v) is 19.8. The number of allylic oxidation sites excluding steroid dienone is 2. The molecular weight excluding hydrogens is 556 g/mol. The Morgan fingerprint density at radius 2 is 0.652 bits per heavy atom. The molecule has 46 heavy (non-hydrogen) atoms. The third-order valence-corrected chi connectivity index (χ3v) is 10.0. The van der Waals surface area contributed by atoms with Crippen LogP contribution in [0.15, 0.2) is 59.7 Å². The molecule has 2 heteroatoms. The molecule has 3 rings (SSSR count). The highest BCUT2D eigenvalue weighted by molar-refractivity contribution is 5.82. The van der Waals surface area contributed by atoms with Crippen molar-refractivity contribution in [3.8, 4) is 0 Å². The molecule has 1 heterocycles. The smallest absolute Gasteiger partial charge is 0.211 e. The van der Waals surface area contributed by atoms with E-state index in [2.05, 4.69) is 76.2 Å². The molecular formula is C44H68N2. The van der Waals surface area contributed by atoms with E-state index in [0.717, 1.165) is 48.2 Å². The fraction of sp³-hybridized carbons (Fsp3) is 0.636. The fourth-order valence-corrected chi connectivity index (χ4v) is 7.12. The van der Waals surface area contributed by atoms with Crippen molar-refractivity contribution >= 4 is 11.4 Å². The van der Waals surface area contributed by atoms with Gasteiger partial charge in [-0.05, 0) is 86.8 Å². The minimum Gasteiger partial charge on any atom is -0.493 e. The number of nitrogens with zero attached hydrogens (tertiary/aromatic N) is 2. The van der Waals surface area contributed by atoms with Crippen molar-refractivity contribution in [1.82, 2.24) is 0 Å². The lowest BCUT2D eigenvalue weighted by molar-refractivity contribution is -0.345. The summed E-state index contributed by atoms with van der Waals surface area (Å²) in [7, 11) is 0. The summed E-state index contributed by atoms with van der Waals surface area (Å²) in [5, 5.41) is 0. The van der Waals surface area contributed by atoms with Gasteiger partial charge in [0, 0.05) is 22.3 Å². The van der Waals surface area contributed by atoms with Gasteiger partial charge in [-0.1, -0.05) is 155 Å². The molecule has 254 valence electrons. The number of unbranched alkanes of at least 4 members (excludes halogenated alkanes) is 16. The van der Waals surface area contributed by atoms with Crippen molar-refractivity contribution in [2.45, 2.75) is 182 Å². The number of aryl methyl sites for hydroxylation is 2. The Balaban J connectivity index is 1.84. The Bertz CT molecular complexity index is 1090. The second kappa shape index (κ2) is 22.9. The Morgan fingerprint density at radius 3 is 1.00 bits per heavy atom. The van der Waals surface area contributed by atoms with E-state index in [0.29, 0.717) is 0 Å². The molecule has 1 aliphatic heterocycles. The van der Waals surface area contributed by atoms with E-state index in [-0.39, 0.29) is 0 Å². The Morgan fingerprint density at radius 1 is 0.370 bits per heavy atom. The second-order valence-electron chi connectivity index (χ2n) is 14.0. The molecule has 2 nitrogen and oxygen atoms in total. The van der Waals surface area contributed by atoms with Crippen LogP contribution in [0.25, 0.3) is 16.9 Å². The van der Waals surface area contributed by atoms with Crippen LogP contribution in [0.1, 0.15) is 191 Å². The lowest BCUT2D eigenvalue weighted by atomic mass is 9.91. The minimum atomic E-state index is 1.03. The maximum Gasteiger partial charge on any atom is 0.211 e. The van der Waals surface area contributed by atoms with Crippen LogP contribution < -0.4 is 0 Å². The molecule has 0 aliphatic carbocycles. The number of benzene rings is 2. The zero-order chi connectivity index (χ0) is 32.8. The van der Waals surface area contributed by atoms with Crippen LogP contribution in [0, 0.1) is 0 Å². The molecule has 0 bridgehead atoms. The summed E-state index contributed by atoms with van der Waals surface area (Å²) in [6.45, 7) is 9.14. The molecule has 0 fully saturated rings. The van der Waals surface area contributed by atoms with Crippen LogP contribution in [0.4, 0.5) is 0 Å². The monoisotopic (exact) mass is 625 g/mol. The molecule has 0 saturated heterocycles. The highest BCUT2D eigenvalue weighted by atomic mass is 15.2. The summed E-state index contributed by atoms with van der Waals surface area (Å²) in [6, 6.07) is 18.4. The van der Waals surface area contributed by atoms with Crippen molar-refractivity contribution < 1.29 is 4.70 Å². The molecule has 0 atom stereocenters. The fourth-order valence-electron chi connectivity index (χ4n) is 7.12. The van der Waals surface area contributed by atoms with Crippen LogP contribution in [-0.4, -0.2) is 4.70 Å². The standard InChI is InChI=1S/C44H68N2/c1-5-9-13-17-19-21-25-37-29-33-39(34-30-37)43-41(27-23-15-11-7-3)42(28-24-16-12-8-4)44(46(43)45)40-35-31-38(32-36-40)26-22-20-18-14-10-6-2/h29-36H,5-28H2,1-4H3. The number of hydrogen-bond donors (Lipinski definition) is 0. The molecule has 0 amide bonds. The van der Waals surface area contributed by atoms with E-state index < -0.39 is 0 Å². The SMILES string of the molecule is CCCCCCCCc1ccc(C2=C(CCCCCC)C(CCCCCC)=C(c3ccc(CCCCCCCC)cc3)[N+]2=[N-])cc1. The molecule has 2 aromatic rings. The maximum atomic E-state index is 12.0. The van der Waals surface area contributed by atoms with Gasteiger partial charge in [-0.2, -0.15) is 0 Å². The summed E-state index contributed by atoms with van der Waals surface area (Å²) >= 11 is 0. The van der Waals surface area contributed by atoms with Crippen molar-refractivity contribution in [3.05, 3.63) is 87.5 Å². The van der Waals surface area contributed by atoms with Gasteiger partial charge in [-0.3, -0.25) is 0 Å². The van der Waals surface area contributed by atoms with E-state index in [1.54, 1.807) is 4.70 Å². The van der Waals surface area contributed by atoms with E-state index >= 15 is 0 Å². The van der Waals surface area contributed by atoms with Crippen molar-refractivity contribution in [2.75, 3.05) is 0 Å². The predicted molar refractivity (Wildman–Crippen MR) is 202 cm³/mol. The predicted octanol–water partition coefficient (Wildman–Crippen LogP) is 14.6. The van der Waals surface area contributed by atoms with Gasteiger partial charge in [-0.25, -0.2) is 4.70 Å². The van der Waals surface area contributed by atoms with Gasteiger partial charge in [0.25, 0.3) is 0 Å². The van der Waals surface area contributed by atoms with Gasteiger partial charge in [0.05, 0.1) is 0 Å². The molecule has 0 spiro atoms. The first kappa shape index (κ1) is 38.0. The maximum absolute atomic E-state index is 12.0. The zero-order valence-electron chi connectivity index (χ0n) is 30.5. The van der Waals surface area contributed by atoms with Crippen molar-refractivity contribution in [2.24, 2.45) is 0 Å². The van der Waals surface area contributed by atoms with Gasteiger partial charge in [0.2, 0.25) is 11.4 Å². The van der Waals surface area contributed by atoms with E-state index in [4.69, 9.17) is 0 Å². The van der Waals surface area contributed by atoms with Crippen molar-refractivity contribution in [1.29, 1.82) is 0 Å². The van der Waals surface area contributed by atoms with Crippen molar-refractivity contribution in [3.63, 3.8) is 0 Å². The lowest BCUT2D eigenvalue weighted by Gasteiger charge is -2.11. The summed E-state index contributed by atoms with van der Waals surface area (Å²) in [5.41, 5.74) is 22.0. The highest BCUT2D eigenvalue weighted by Crippen LogP contribution is 2.44. The molecule has 1 aliphatic rings. The van der Waals surface area contributed by atoms with Crippen LogP contribution in [0.3, 0.4) is 0 Å². The molecule has 0 aromatic heterocycles. The summed E-state index contributed by atoms with van der Waals surface area (Å²) in [5.74, 6) is 0. The molecule has 0 unspecified atom stereocenters. The molecule has 0 radical (unpaired) electrons. The average molecular weight is 625 g/mol. The Kier molecular flexibility index (Phi) is 18.9. The minimum absolute atomic E-state index is 1.03. The summed E-state index contributed by atoms with van der Waals surface area (Å²) < 4.78 is 1.58. The van der Waals surface area contributed by atoms with Crippen LogP contribution in [0.2, 0.25) is 0 Å². The van der Waals surface area contributed by atoms with Gasteiger partial charge >= 0.3 is 0 Å². The third-order valence-electron chi connectivity index (χ3n) is 10.0. The normalized spacial score (nSPS) is 13.4. The average Bonchev–Trinajstić information content (AvgIpc) is 3.35. The van der Waals surface area contributed by atoms with Gasteiger partial charge in [-0.15, -0.1) is 0 Å². The molecule has 2 aromatic carbocycles. The first-order valence-electron chi connectivity index (χ1n) is 19.8. The van der Waals surface area contributed by atoms with Crippen LogP contribution in [0.5, 0.6) is 0 Å². The van der Waals surface area contributed by atoms with E-state index in [1.807, 2.05) is 0 Å². The van der Waals surface area contributed by atoms with Crippen LogP contribution in [-0.2, 0) is 12.8 Å². The third kappa shape index (κ3) is 12.6.